The first-order valence-corrected chi connectivity index (χ1v) is 15.7. The van der Waals surface area contributed by atoms with E-state index in [1.807, 2.05) is 27.7 Å². The molecule has 0 spiro atoms. The van der Waals surface area contributed by atoms with E-state index >= 15 is 0 Å². The van der Waals surface area contributed by atoms with Gasteiger partial charge in [0.2, 0.25) is 0 Å². The van der Waals surface area contributed by atoms with Crippen molar-refractivity contribution in [2.75, 3.05) is 26.8 Å². The van der Waals surface area contributed by atoms with E-state index in [-0.39, 0.29) is 41.2 Å². The number of aliphatic hydroxyl groups excluding tert-OH is 1. The van der Waals surface area contributed by atoms with Crippen LogP contribution in [0.1, 0.15) is 81.9 Å². The van der Waals surface area contributed by atoms with E-state index in [0.717, 1.165) is 18.9 Å². The largest absolute Gasteiger partial charge is 0.493 e. The van der Waals surface area contributed by atoms with Gasteiger partial charge < -0.3 is 25.2 Å². The number of ether oxygens (including phenoxy) is 2. The lowest BCUT2D eigenvalue weighted by Gasteiger charge is -2.29. The number of hydrogen-bond acceptors (Lipinski definition) is 6. The smallest absolute Gasteiger partial charge is 0.398 e. The van der Waals surface area contributed by atoms with E-state index in [0.29, 0.717) is 22.6 Å². The molecule has 3 N–H and O–H groups in total. The molecule has 1 atom stereocenters. The molecule has 1 heterocycles. The van der Waals surface area contributed by atoms with Crippen LogP contribution in [0, 0.1) is 5.82 Å². The molecular weight excluding hydrogens is 626 g/mol. The molecule has 1 aromatic heterocycles. The minimum absolute atomic E-state index is 0.0917. The second-order valence-electron chi connectivity index (χ2n) is 10.6. The van der Waals surface area contributed by atoms with Crippen LogP contribution in [0.15, 0.2) is 48.5 Å². The summed E-state index contributed by atoms with van der Waals surface area (Å²) in [5.41, 5.74) is -0.228. The first-order chi connectivity index (χ1) is 21.8. The number of carbonyl (C=O) groups is 1. The predicted octanol–water partition coefficient (Wildman–Crippen LogP) is 8.04. The Kier molecular flexibility index (Phi) is 14.7. The molecule has 12 heteroatoms. The van der Waals surface area contributed by atoms with Crippen molar-refractivity contribution in [1.29, 1.82) is 0 Å². The van der Waals surface area contributed by atoms with Crippen molar-refractivity contribution in [2.24, 2.45) is 0 Å². The summed E-state index contributed by atoms with van der Waals surface area (Å²) in [6, 6.07) is 11.1. The third-order valence-electron chi connectivity index (χ3n) is 6.92. The molecular formula is C34H44ClF4N3O4. The van der Waals surface area contributed by atoms with Gasteiger partial charge in [0.25, 0.3) is 5.91 Å². The number of pyridine rings is 1. The SMILES string of the molecule is CC.CC.COc1cc(C(=O)NCC(c2cc(C(C)(C)NCCO)cc(-c3ccc(F)c(Cl)c3)n2)C(F)(F)F)ccc1OC1CC1. The van der Waals surface area contributed by atoms with Crippen molar-refractivity contribution in [1.82, 2.24) is 15.6 Å². The molecule has 254 valence electrons. The van der Waals surface area contributed by atoms with Crippen molar-refractivity contribution in [3.8, 4) is 22.8 Å². The third kappa shape index (κ3) is 10.6. The topological polar surface area (TPSA) is 92.7 Å². The highest BCUT2D eigenvalue weighted by Crippen LogP contribution is 2.38. The molecule has 1 amide bonds. The van der Waals surface area contributed by atoms with Gasteiger partial charge in [-0.25, -0.2) is 4.39 Å². The number of carbonyl (C=O) groups excluding carboxylic acids is 1. The Morgan fingerprint density at radius 1 is 1.04 bits per heavy atom. The van der Waals surface area contributed by atoms with Gasteiger partial charge in [-0.15, -0.1) is 0 Å². The zero-order valence-electron chi connectivity index (χ0n) is 27.3. The minimum atomic E-state index is -4.78. The Bertz CT molecular complexity index is 1430. The van der Waals surface area contributed by atoms with E-state index in [1.165, 1.54) is 37.4 Å². The molecule has 0 bridgehead atoms. The van der Waals surface area contributed by atoms with Crippen LogP contribution in [0.4, 0.5) is 17.6 Å². The number of rotatable bonds is 12. The highest BCUT2D eigenvalue weighted by Gasteiger charge is 2.42. The summed E-state index contributed by atoms with van der Waals surface area (Å²) in [6.07, 6.45) is -2.85. The van der Waals surface area contributed by atoms with Gasteiger partial charge in [0.15, 0.2) is 11.5 Å². The van der Waals surface area contributed by atoms with Crippen molar-refractivity contribution < 1.29 is 36.9 Å². The number of nitrogens with one attached hydrogen (secondary N) is 2. The maximum atomic E-state index is 14.5. The summed E-state index contributed by atoms with van der Waals surface area (Å²) in [5.74, 6) is -2.83. The van der Waals surface area contributed by atoms with E-state index < -0.39 is 35.9 Å². The van der Waals surface area contributed by atoms with Gasteiger partial charge in [0.05, 0.1) is 36.2 Å². The Labute approximate surface area is 273 Å². The molecule has 7 nitrogen and oxygen atoms in total. The van der Waals surface area contributed by atoms with Crippen molar-refractivity contribution in [3.05, 3.63) is 76.2 Å². The lowest BCUT2D eigenvalue weighted by molar-refractivity contribution is -0.149. The second-order valence-corrected chi connectivity index (χ2v) is 11.0. The van der Waals surface area contributed by atoms with E-state index in [2.05, 4.69) is 15.6 Å². The number of methoxy groups -OCH3 is 1. The molecule has 1 aliphatic carbocycles. The predicted molar refractivity (Wildman–Crippen MR) is 173 cm³/mol. The third-order valence-corrected chi connectivity index (χ3v) is 7.21. The van der Waals surface area contributed by atoms with Crippen LogP contribution in [0.25, 0.3) is 11.3 Å². The lowest BCUT2D eigenvalue weighted by Crippen LogP contribution is -2.39. The number of aliphatic hydroxyl groups is 1. The molecule has 0 radical (unpaired) electrons. The average Bonchev–Trinajstić information content (AvgIpc) is 3.87. The van der Waals surface area contributed by atoms with Crippen molar-refractivity contribution in [3.63, 3.8) is 0 Å². The molecule has 4 rings (SSSR count). The van der Waals surface area contributed by atoms with Gasteiger partial charge >= 0.3 is 6.18 Å². The molecule has 1 unspecified atom stereocenters. The fourth-order valence-electron chi connectivity index (χ4n) is 4.32. The first-order valence-electron chi connectivity index (χ1n) is 15.4. The first kappa shape index (κ1) is 38.8. The monoisotopic (exact) mass is 669 g/mol. The number of nitrogens with zero attached hydrogens (tertiary/aromatic N) is 1. The maximum absolute atomic E-state index is 14.5. The Morgan fingerprint density at radius 3 is 2.28 bits per heavy atom. The van der Waals surface area contributed by atoms with Crippen LogP contribution in [0.3, 0.4) is 0 Å². The van der Waals surface area contributed by atoms with Crippen molar-refractivity contribution in [2.45, 2.75) is 78.1 Å². The molecule has 46 heavy (non-hydrogen) atoms. The molecule has 1 saturated carbocycles. The van der Waals surface area contributed by atoms with Crippen LogP contribution < -0.4 is 20.1 Å². The van der Waals surface area contributed by atoms with Gasteiger partial charge in [-0.3, -0.25) is 9.78 Å². The fourth-order valence-corrected chi connectivity index (χ4v) is 4.50. The molecule has 2 aromatic carbocycles. The quantitative estimate of drug-likeness (QED) is 0.169. The summed E-state index contributed by atoms with van der Waals surface area (Å²) >= 11 is 5.95. The van der Waals surface area contributed by atoms with Crippen LogP contribution in [0.2, 0.25) is 5.02 Å². The normalized spacial score (nSPS) is 13.4. The van der Waals surface area contributed by atoms with Crippen LogP contribution >= 0.6 is 11.6 Å². The Balaban J connectivity index is 0.00000177. The standard InChI is InChI=1S/C30H32ClF4N3O4.2C2H6/c1-29(2,37-10-11-39)19-14-24(17-4-8-23(32)22(31)12-17)38-25(15-19)21(30(33,34)35)16-36-28(40)18-5-9-26(27(13-18)41-3)42-20-6-7-20;2*1-2/h4-5,8-9,12-15,20-21,37,39H,6-7,10-11,16H2,1-3H3,(H,36,40);2*1-2H3. The van der Waals surface area contributed by atoms with Crippen molar-refractivity contribution >= 4 is 17.5 Å². The molecule has 1 aliphatic rings. The van der Waals surface area contributed by atoms with Gasteiger partial charge in [0.1, 0.15) is 11.7 Å². The number of hydrogen-bond donors (Lipinski definition) is 3. The van der Waals surface area contributed by atoms with Gasteiger partial charge in [-0.1, -0.05) is 39.3 Å². The summed E-state index contributed by atoms with van der Waals surface area (Å²) in [7, 11) is 1.41. The molecule has 3 aromatic rings. The number of amides is 1. The number of benzene rings is 2. The summed E-state index contributed by atoms with van der Waals surface area (Å²) in [4.78, 5) is 17.2. The molecule has 0 saturated heterocycles. The van der Waals surface area contributed by atoms with E-state index in [4.69, 9.17) is 21.1 Å². The average molecular weight is 670 g/mol. The zero-order chi connectivity index (χ0) is 34.7. The summed E-state index contributed by atoms with van der Waals surface area (Å²) in [5, 5.41) is 14.6. The molecule has 0 aliphatic heterocycles. The molecule has 1 fully saturated rings. The van der Waals surface area contributed by atoms with Gasteiger partial charge in [-0.2, -0.15) is 13.2 Å². The summed E-state index contributed by atoms with van der Waals surface area (Å²) < 4.78 is 68.4. The fraction of sp³-hybridized carbons (Fsp3) is 0.471. The number of aromatic nitrogens is 1. The zero-order valence-corrected chi connectivity index (χ0v) is 28.1. The van der Waals surface area contributed by atoms with Crippen LogP contribution in [-0.4, -0.2) is 55.1 Å². The second kappa shape index (κ2) is 17.5. The maximum Gasteiger partial charge on any atom is 0.398 e. The Morgan fingerprint density at radius 2 is 1.72 bits per heavy atom. The highest BCUT2D eigenvalue weighted by atomic mass is 35.5. The minimum Gasteiger partial charge on any atom is -0.493 e. The van der Waals surface area contributed by atoms with E-state index in [9.17, 15) is 27.5 Å². The number of alkyl halides is 3. The Hall–Kier alpha value is -3.41. The lowest BCUT2D eigenvalue weighted by atomic mass is 9.90. The van der Waals surface area contributed by atoms with Gasteiger partial charge in [0, 0.05) is 29.8 Å². The van der Waals surface area contributed by atoms with Crippen LogP contribution in [0.5, 0.6) is 11.5 Å². The van der Waals surface area contributed by atoms with Gasteiger partial charge in [-0.05, 0) is 80.8 Å². The summed E-state index contributed by atoms with van der Waals surface area (Å²) in [6.45, 7) is 10.7. The highest BCUT2D eigenvalue weighted by molar-refractivity contribution is 6.31. The van der Waals surface area contributed by atoms with Crippen LogP contribution in [-0.2, 0) is 5.54 Å². The number of halogens is 5. The van der Waals surface area contributed by atoms with E-state index in [1.54, 1.807) is 26.0 Å².